The number of pyridine rings is 1. The number of amides is 1. The minimum Gasteiger partial charge on any atom is -0.475 e. The quantitative estimate of drug-likeness (QED) is 0.589. The van der Waals surface area contributed by atoms with Crippen molar-refractivity contribution in [1.82, 2.24) is 9.71 Å². The molecule has 0 aliphatic heterocycles. The van der Waals surface area contributed by atoms with Gasteiger partial charge in [0, 0.05) is 26.1 Å². The van der Waals surface area contributed by atoms with Crippen molar-refractivity contribution in [2.24, 2.45) is 0 Å². The largest absolute Gasteiger partial charge is 0.475 e. The van der Waals surface area contributed by atoms with Crippen LogP contribution in [0.15, 0.2) is 47.5 Å². The van der Waals surface area contributed by atoms with Crippen molar-refractivity contribution in [3.05, 3.63) is 48.4 Å². The summed E-state index contributed by atoms with van der Waals surface area (Å²) in [5, 5.41) is 2.60. The Balaban J connectivity index is 1.78. The molecule has 8 nitrogen and oxygen atoms in total. The summed E-state index contributed by atoms with van der Waals surface area (Å²) in [6, 6.07) is 7.63. The molecule has 0 unspecified atom stereocenters. The summed E-state index contributed by atoms with van der Waals surface area (Å²) in [5.74, 6) is -0.513. The van der Waals surface area contributed by atoms with E-state index in [2.05, 4.69) is 15.0 Å². The van der Waals surface area contributed by atoms with Crippen LogP contribution >= 0.6 is 0 Å². The van der Waals surface area contributed by atoms with Crippen molar-refractivity contribution < 1.29 is 27.1 Å². The zero-order chi connectivity index (χ0) is 19.7. The highest BCUT2D eigenvalue weighted by atomic mass is 32.2. The fourth-order valence-corrected chi connectivity index (χ4v) is 3.02. The van der Waals surface area contributed by atoms with Crippen LogP contribution < -0.4 is 14.8 Å². The molecule has 2 rings (SSSR count). The summed E-state index contributed by atoms with van der Waals surface area (Å²) in [7, 11) is -2.23. The van der Waals surface area contributed by atoms with Gasteiger partial charge in [-0.05, 0) is 30.3 Å². The van der Waals surface area contributed by atoms with Gasteiger partial charge in [-0.1, -0.05) is 0 Å². The van der Waals surface area contributed by atoms with Crippen LogP contribution in [0.3, 0.4) is 0 Å². The summed E-state index contributed by atoms with van der Waals surface area (Å²) in [4.78, 5) is 15.9. The van der Waals surface area contributed by atoms with E-state index in [1.54, 1.807) is 19.2 Å². The van der Waals surface area contributed by atoms with Crippen LogP contribution in [0.2, 0.25) is 0 Å². The second-order valence-corrected chi connectivity index (χ2v) is 7.14. The molecule has 0 aliphatic rings. The Morgan fingerprint density at radius 1 is 1.15 bits per heavy atom. The number of benzene rings is 1. The monoisotopic (exact) mass is 397 g/mol. The van der Waals surface area contributed by atoms with Gasteiger partial charge in [0.25, 0.3) is 0 Å². The Hall–Kier alpha value is -2.56. The van der Waals surface area contributed by atoms with Crippen LogP contribution in [-0.4, -0.2) is 46.2 Å². The first kappa shape index (κ1) is 20.7. The first-order valence-electron chi connectivity index (χ1n) is 8.03. The standard InChI is InChI=1S/C17H20FN3O5S/c1-25-10-11-26-17-7-4-14(12-19-17)21-16(22)8-9-20-27(23,24)15-5-2-13(18)3-6-15/h2-7,12,20H,8-11H2,1H3,(H,21,22). The zero-order valence-corrected chi connectivity index (χ0v) is 15.5. The fourth-order valence-electron chi connectivity index (χ4n) is 1.99. The van der Waals surface area contributed by atoms with Crippen LogP contribution in [0.5, 0.6) is 5.88 Å². The molecule has 1 heterocycles. The fraction of sp³-hybridized carbons (Fsp3) is 0.294. The Bertz CT molecular complexity index is 842. The third-order valence-corrected chi connectivity index (χ3v) is 4.80. The minimum absolute atomic E-state index is 0.0717. The lowest BCUT2D eigenvalue weighted by atomic mass is 10.3. The maximum absolute atomic E-state index is 12.9. The van der Waals surface area contributed by atoms with E-state index < -0.39 is 15.8 Å². The van der Waals surface area contributed by atoms with Crippen molar-refractivity contribution in [1.29, 1.82) is 0 Å². The molecule has 0 spiro atoms. The number of rotatable bonds is 10. The average molecular weight is 397 g/mol. The number of nitrogens with zero attached hydrogens (tertiary/aromatic N) is 1. The summed E-state index contributed by atoms with van der Waals surface area (Å²) in [6.07, 6.45) is 1.36. The molecule has 1 aromatic heterocycles. The Morgan fingerprint density at radius 2 is 1.89 bits per heavy atom. The number of carbonyl (C=O) groups is 1. The molecular formula is C17H20FN3O5S. The molecule has 2 aromatic rings. The maximum atomic E-state index is 12.9. The molecule has 10 heteroatoms. The Morgan fingerprint density at radius 3 is 2.52 bits per heavy atom. The van der Waals surface area contributed by atoms with Gasteiger partial charge in [-0.15, -0.1) is 0 Å². The van der Waals surface area contributed by atoms with E-state index in [9.17, 15) is 17.6 Å². The number of aromatic nitrogens is 1. The molecule has 1 amide bonds. The van der Waals surface area contributed by atoms with Gasteiger partial charge in [0.15, 0.2) is 0 Å². The smallest absolute Gasteiger partial charge is 0.240 e. The Kier molecular flexibility index (Phi) is 7.65. The van der Waals surface area contributed by atoms with Gasteiger partial charge in [-0.25, -0.2) is 22.5 Å². The number of hydrogen-bond donors (Lipinski definition) is 2. The van der Waals surface area contributed by atoms with Crippen molar-refractivity contribution in [3.8, 4) is 5.88 Å². The normalized spacial score (nSPS) is 11.2. The van der Waals surface area contributed by atoms with E-state index in [1.807, 2.05) is 0 Å². The first-order chi connectivity index (χ1) is 12.9. The molecule has 0 bridgehead atoms. The number of nitrogens with one attached hydrogen (secondary N) is 2. The molecular weight excluding hydrogens is 377 g/mol. The van der Waals surface area contributed by atoms with E-state index in [-0.39, 0.29) is 23.8 Å². The highest BCUT2D eigenvalue weighted by molar-refractivity contribution is 7.89. The first-order valence-corrected chi connectivity index (χ1v) is 9.52. The Labute approximate surface area is 156 Å². The number of sulfonamides is 1. The number of halogens is 1. The third kappa shape index (κ3) is 6.93. The highest BCUT2D eigenvalue weighted by Crippen LogP contribution is 2.12. The molecule has 146 valence electrons. The number of ether oxygens (including phenoxy) is 2. The van der Waals surface area contributed by atoms with Crippen LogP contribution in [0.1, 0.15) is 6.42 Å². The van der Waals surface area contributed by atoms with Crippen LogP contribution in [-0.2, 0) is 19.6 Å². The van der Waals surface area contributed by atoms with E-state index >= 15 is 0 Å². The number of carbonyl (C=O) groups excluding carboxylic acids is 1. The molecule has 0 radical (unpaired) electrons. The van der Waals surface area contributed by atoms with Crippen LogP contribution in [0.4, 0.5) is 10.1 Å². The number of anilines is 1. The van der Waals surface area contributed by atoms with Gasteiger partial charge < -0.3 is 14.8 Å². The van der Waals surface area contributed by atoms with Crippen molar-refractivity contribution in [2.75, 3.05) is 32.2 Å². The predicted molar refractivity (Wildman–Crippen MR) is 96.4 cm³/mol. The van der Waals surface area contributed by atoms with E-state index in [0.29, 0.717) is 24.8 Å². The summed E-state index contributed by atoms with van der Waals surface area (Å²) in [5.41, 5.74) is 0.459. The lowest BCUT2D eigenvalue weighted by Gasteiger charge is -2.08. The van der Waals surface area contributed by atoms with Crippen molar-refractivity contribution >= 4 is 21.6 Å². The van der Waals surface area contributed by atoms with E-state index in [4.69, 9.17) is 9.47 Å². The molecule has 0 atom stereocenters. The number of methoxy groups -OCH3 is 1. The molecule has 1 aromatic carbocycles. The maximum Gasteiger partial charge on any atom is 0.240 e. The van der Waals surface area contributed by atoms with Crippen LogP contribution in [0.25, 0.3) is 0 Å². The van der Waals surface area contributed by atoms with Gasteiger partial charge in [-0.2, -0.15) is 0 Å². The van der Waals surface area contributed by atoms with Gasteiger partial charge in [0.05, 0.1) is 23.4 Å². The molecule has 2 N–H and O–H groups in total. The predicted octanol–water partition coefficient (Wildman–Crippen LogP) is 1.55. The molecule has 0 saturated heterocycles. The zero-order valence-electron chi connectivity index (χ0n) is 14.6. The second kappa shape index (κ2) is 9.95. The highest BCUT2D eigenvalue weighted by Gasteiger charge is 2.14. The average Bonchev–Trinajstić information content (AvgIpc) is 2.63. The molecule has 0 saturated carbocycles. The van der Waals surface area contributed by atoms with Gasteiger partial charge in [0.2, 0.25) is 21.8 Å². The van der Waals surface area contributed by atoms with Crippen molar-refractivity contribution in [3.63, 3.8) is 0 Å². The number of hydrogen-bond acceptors (Lipinski definition) is 6. The summed E-state index contributed by atoms with van der Waals surface area (Å²) >= 11 is 0. The second-order valence-electron chi connectivity index (χ2n) is 5.38. The summed E-state index contributed by atoms with van der Waals surface area (Å²) in [6.45, 7) is 0.703. The van der Waals surface area contributed by atoms with E-state index in [0.717, 1.165) is 24.3 Å². The van der Waals surface area contributed by atoms with Gasteiger partial charge in [-0.3, -0.25) is 4.79 Å². The molecule has 27 heavy (non-hydrogen) atoms. The van der Waals surface area contributed by atoms with Crippen LogP contribution in [0, 0.1) is 5.82 Å². The topological polar surface area (TPSA) is 107 Å². The van der Waals surface area contributed by atoms with Crippen molar-refractivity contribution in [2.45, 2.75) is 11.3 Å². The van der Waals surface area contributed by atoms with Gasteiger partial charge in [0.1, 0.15) is 12.4 Å². The minimum atomic E-state index is -3.80. The molecule has 0 fully saturated rings. The summed E-state index contributed by atoms with van der Waals surface area (Å²) < 4.78 is 49.4. The molecule has 0 aliphatic carbocycles. The SMILES string of the molecule is COCCOc1ccc(NC(=O)CCNS(=O)(=O)c2ccc(F)cc2)cn1. The third-order valence-electron chi connectivity index (χ3n) is 3.33. The van der Waals surface area contributed by atoms with E-state index in [1.165, 1.54) is 6.20 Å². The lowest BCUT2D eigenvalue weighted by molar-refractivity contribution is -0.116. The van der Waals surface area contributed by atoms with Gasteiger partial charge >= 0.3 is 0 Å². The lowest BCUT2D eigenvalue weighted by Crippen LogP contribution is -2.27.